The second-order valence-corrected chi connectivity index (χ2v) is 8.13. The van der Waals surface area contributed by atoms with Crippen molar-refractivity contribution < 1.29 is 4.79 Å². The zero-order valence-corrected chi connectivity index (χ0v) is 16.7. The summed E-state index contributed by atoms with van der Waals surface area (Å²) in [6.07, 6.45) is 6.76. The number of rotatable bonds is 7. The summed E-state index contributed by atoms with van der Waals surface area (Å²) < 4.78 is 0. The molecular formula is C24H29N3O. The van der Waals surface area contributed by atoms with Gasteiger partial charge in [0, 0.05) is 31.3 Å². The van der Waals surface area contributed by atoms with Gasteiger partial charge < -0.3 is 0 Å². The first kappa shape index (κ1) is 18.9. The van der Waals surface area contributed by atoms with E-state index in [9.17, 15) is 4.79 Å². The number of likely N-dealkylation sites (tertiary alicyclic amines) is 1. The first-order valence-electron chi connectivity index (χ1n) is 10.4. The van der Waals surface area contributed by atoms with Crippen molar-refractivity contribution in [2.75, 3.05) is 13.1 Å². The van der Waals surface area contributed by atoms with E-state index in [-0.39, 0.29) is 0 Å². The first-order chi connectivity index (χ1) is 13.7. The molecule has 2 aromatic carbocycles. The maximum atomic E-state index is 11.7. The van der Waals surface area contributed by atoms with Gasteiger partial charge >= 0.3 is 0 Å². The Morgan fingerprint density at radius 3 is 2.96 bits per heavy atom. The average molecular weight is 376 g/mol. The molecule has 0 saturated carbocycles. The molecule has 0 aliphatic carbocycles. The van der Waals surface area contributed by atoms with Gasteiger partial charge in [-0.25, -0.2) is 0 Å². The van der Waals surface area contributed by atoms with E-state index in [1.807, 2.05) is 13.1 Å². The monoisotopic (exact) mass is 375 g/mol. The highest BCUT2D eigenvalue weighted by Crippen LogP contribution is 2.24. The number of benzene rings is 2. The molecule has 146 valence electrons. The van der Waals surface area contributed by atoms with Gasteiger partial charge in [-0.05, 0) is 60.5 Å². The van der Waals surface area contributed by atoms with E-state index >= 15 is 0 Å². The third kappa shape index (κ3) is 4.68. The Labute approximate surface area is 166 Å². The third-order valence-corrected chi connectivity index (χ3v) is 5.83. The molecule has 4 rings (SSSR count). The topological polar surface area (TPSA) is 49.0 Å². The Balaban J connectivity index is 1.37. The number of carbonyl (C=O) groups excluding carboxylic acids is 1. The number of carbonyl (C=O) groups is 1. The van der Waals surface area contributed by atoms with Crippen molar-refractivity contribution in [1.82, 2.24) is 15.1 Å². The third-order valence-electron chi connectivity index (χ3n) is 5.83. The van der Waals surface area contributed by atoms with Crippen LogP contribution in [0.2, 0.25) is 0 Å². The Kier molecular flexibility index (Phi) is 5.87. The van der Waals surface area contributed by atoms with Gasteiger partial charge in [0.2, 0.25) is 0 Å². The van der Waals surface area contributed by atoms with Gasteiger partial charge in [-0.1, -0.05) is 37.3 Å². The number of hydrogen-bond acceptors (Lipinski definition) is 3. The Hall–Kier alpha value is -2.46. The summed E-state index contributed by atoms with van der Waals surface area (Å²) in [6, 6.07) is 15.2. The van der Waals surface area contributed by atoms with Crippen LogP contribution in [0.3, 0.4) is 0 Å². The van der Waals surface area contributed by atoms with E-state index in [0.717, 1.165) is 37.1 Å². The number of aromatic nitrogens is 2. The van der Waals surface area contributed by atoms with E-state index in [2.05, 4.69) is 57.6 Å². The lowest BCUT2D eigenvalue weighted by molar-refractivity contribution is -0.118. The maximum Gasteiger partial charge on any atom is 0.136 e. The molecule has 3 aromatic rings. The van der Waals surface area contributed by atoms with E-state index in [4.69, 9.17) is 0 Å². The summed E-state index contributed by atoms with van der Waals surface area (Å²) in [4.78, 5) is 14.3. The highest BCUT2D eigenvalue weighted by atomic mass is 16.1. The molecule has 4 nitrogen and oxygen atoms in total. The minimum atomic E-state index is 0.310. The molecule has 28 heavy (non-hydrogen) atoms. The fourth-order valence-electron chi connectivity index (χ4n) is 4.36. The van der Waals surface area contributed by atoms with E-state index in [1.165, 1.54) is 29.4 Å². The highest BCUT2D eigenvalue weighted by Gasteiger charge is 2.20. The summed E-state index contributed by atoms with van der Waals surface area (Å²) in [6.45, 7) is 5.21. The predicted octanol–water partition coefficient (Wildman–Crippen LogP) is 4.54. The summed E-state index contributed by atoms with van der Waals surface area (Å²) >= 11 is 0. The van der Waals surface area contributed by atoms with Crippen molar-refractivity contribution in [2.24, 2.45) is 5.92 Å². The summed E-state index contributed by atoms with van der Waals surface area (Å²) in [5, 5.41) is 8.35. The number of Topliss-reactive ketones (excluding diaryl/α,β-unsaturated/α-hetero) is 1. The molecule has 0 bridgehead atoms. The van der Waals surface area contributed by atoms with Crippen LogP contribution in [0.15, 0.2) is 48.7 Å². The summed E-state index contributed by atoms with van der Waals surface area (Å²) in [5.74, 6) is 1.01. The van der Waals surface area contributed by atoms with Crippen molar-refractivity contribution in [3.63, 3.8) is 0 Å². The molecule has 1 aromatic heterocycles. The van der Waals surface area contributed by atoms with Gasteiger partial charge in [-0.2, -0.15) is 5.10 Å². The number of aromatic amines is 1. The van der Waals surface area contributed by atoms with Gasteiger partial charge in [0.05, 0.1) is 11.7 Å². The van der Waals surface area contributed by atoms with E-state index in [0.29, 0.717) is 24.5 Å². The lowest BCUT2D eigenvalue weighted by atomic mass is 9.90. The first-order valence-corrected chi connectivity index (χ1v) is 10.4. The Morgan fingerprint density at radius 2 is 2.07 bits per heavy atom. The zero-order chi connectivity index (χ0) is 19.3. The van der Waals surface area contributed by atoms with Crippen LogP contribution in [-0.4, -0.2) is 34.0 Å². The van der Waals surface area contributed by atoms with Gasteiger partial charge in [0.25, 0.3) is 0 Å². The predicted molar refractivity (Wildman–Crippen MR) is 113 cm³/mol. The molecule has 1 fully saturated rings. The standard InChI is InChI=1S/C24H29N3O/c1-2-23(28)14-18-5-3-6-20(11-18)16-27-10-4-7-21(17-27)12-19-8-9-24-22(13-19)15-25-26-24/h3,5-6,8-9,11,13,15,21H,2,4,7,10,12,14,16-17H2,1H3,(H,25,26)/t21-/m0/s1. The molecule has 2 heterocycles. The van der Waals surface area contributed by atoms with Crippen LogP contribution in [0.4, 0.5) is 0 Å². The average Bonchev–Trinajstić information content (AvgIpc) is 3.16. The molecule has 1 aliphatic heterocycles. The lowest BCUT2D eigenvalue weighted by Crippen LogP contribution is -2.35. The van der Waals surface area contributed by atoms with E-state index < -0.39 is 0 Å². The van der Waals surface area contributed by atoms with Gasteiger partial charge in [-0.3, -0.25) is 14.8 Å². The fraction of sp³-hybridized carbons (Fsp3) is 0.417. The largest absolute Gasteiger partial charge is 0.299 e. The van der Waals surface area contributed by atoms with Crippen molar-refractivity contribution in [3.05, 3.63) is 65.4 Å². The van der Waals surface area contributed by atoms with Crippen molar-refractivity contribution in [2.45, 2.75) is 45.6 Å². The zero-order valence-electron chi connectivity index (χ0n) is 16.7. The molecular weight excluding hydrogens is 346 g/mol. The molecule has 0 amide bonds. The van der Waals surface area contributed by atoms with Crippen LogP contribution in [-0.2, 0) is 24.2 Å². The molecule has 1 saturated heterocycles. The lowest BCUT2D eigenvalue weighted by Gasteiger charge is -2.33. The van der Waals surface area contributed by atoms with Crippen LogP contribution in [0.25, 0.3) is 10.9 Å². The molecule has 4 heteroatoms. The van der Waals surface area contributed by atoms with Gasteiger partial charge in [-0.15, -0.1) is 0 Å². The minimum Gasteiger partial charge on any atom is -0.299 e. The van der Waals surface area contributed by atoms with Crippen LogP contribution in [0.1, 0.15) is 42.9 Å². The second-order valence-electron chi connectivity index (χ2n) is 8.13. The van der Waals surface area contributed by atoms with Crippen LogP contribution in [0, 0.1) is 5.92 Å². The number of hydrogen-bond donors (Lipinski definition) is 1. The van der Waals surface area contributed by atoms with Crippen molar-refractivity contribution in [1.29, 1.82) is 0 Å². The van der Waals surface area contributed by atoms with Crippen LogP contribution >= 0.6 is 0 Å². The van der Waals surface area contributed by atoms with Crippen LogP contribution < -0.4 is 0 Å². The number of ketones is 1. The quantitative estimate of drug-likeness (QED) is 0.660. The summed E-state index contributed by atoms with van der Waals surface area (Å²) in [7, 11) is 0. The van der Waals surface area contributed by atoms with Gasteiger partial charge in [0.1, 0.15) is 5.78 Å². The number of fused-ring (bicyclic) bond motifs is 1. The van der Waals surface area contributed by atoms with Gasteiger partial charge in [0.15, 0.2) is 0 Å². The normalized spacial score (nSPS) is 17.8. The minimum absolute atomic E-state index is 0.310. The number of nitrogens with zero attached hydrogens (tertiary/aromatic N) is 2. The SMILES string of the molecule is CCC(=O)Cc1cccc(CN2CCC[C@@H](Cc3ccc4[nH]ncc4c3)C2)c1. The number of piperidine rings is 1. The van der Waals surface area contributed by atoms with Crippen LogP contribution in [0.5, 0.6) is 0 Å². The molecule has 1 N–H and O–H groups in total. The highest BCUT2D eigenvalue weighted by molar-refractivity contribution is 5.80. The van der Waals surface area contributed by atoms with Crippen molar-refractivity contribution in [3.8, 4) is 0 Å². The molecule has 0 spiro atoms. The molecule has 0 radical (unpaired) electrons. The smallest absolute Gasteiger partial charge is 0.136 e. The molecule has 1 aliphatic rings. The second kappa shape index (κ2) is 8.70. The number of H-pyrrole nitrogens is 1. The fourth-order valence-corrected chi connectivity index (χ4v) is 4.36. The number of nitrogens with one attached hydrogen (secondary N) is 1. The Morgan fingerprint density at radius 1 is 1.18 bits per heavy atom. The summed E-state index contributed by atoms with van der Waals surface area (Å²) in [5.41, 5.74) is 4.98. The van der Waals surface area contributed by atoms with Crippen molar-refractivity contribution >= 4 is 16.7 Å². The van der Waals surface area contributed by atoms with E-state index in [1.54, 1.807) is 0 Å². The molecule has 0 unspecified atom stereocenters. The molecule has 1 atom stereocenters. The maximum absolute atomic E-state index is 11.7. The Bertz CT molecular complexity index is 946.